The number of methoxy groups -OCH3 is 2. The molecule has 1 aliphatic carbocycles. The van der Waals surface area contributed by atoms with Crippen LogP contribution in [0.15, 0.2) is 41.2 Å². The van der Waals surface area contributed by atoms with E-state index in [0.29, 0.717) is 18.9 Å². The van der Waals surface area contributed by atoms with Gasteiger partial charge in [-0.1, -0.05) is 0 Å². The number of hydrogen-bond acceptors (Lipinski definition) is 6. The van der Waals surface area contributed by atoms with E-state index in [0.717, 1.165) is 63.4 Å². The SMILES string of the molecule is COc1ccc2sc(CC(=O)C3CCC(Cn4c(=O)n(C)c5ccc(OC)cc54)CC3)nc2c1. The molecule has 0 bridgehead atoms. The number of rotatable bonds is 7. The van der Waals surface area contributed by atoms with Crippen LogP contribution in [0.4, 0.5) is 0 Å². The van der Waals surface area contributed by atoms with Gasteiger partial charge in [0.2, 0.25) is 0 Å². The van der Waals surface area contributed by atoms with Crippen LogP contribution in [0.1, 0.15) is 30.7 Å². The minimum atomic E-state index is -0.00563. The third kappa shape index (κ3) is 4.22. The normalized spacial score (nSPS) is 18.4. The fraction of sp³-hybridized carbons (Fsp3) is 0.423. The van der Waals surface area contributed by atoms with Crippen LogP contribution in [-0.2, 0) is 24.8 Å². The zero-order valence-electron chi connectivity index (χ0n) is 19.7. The van der Waals surface area contributed by atoms with E-state index in [2.05, 4.69) is 4.98 Å². The minimum Gasteiger partial charge on any atom is -0.497 e. The molecule has 4 aromatic rings. The van der Waals surface area contributed by atoms with E-state index < -0.39 is 0 Å². The van der Waals surface area contributed by atoms with Crippen LogP contribution in [0.25, 0.3) is 21.3 Å². The third-order valence-electron chi connectivity index (χ3n) is 7.06. The monoisotopic (exact) mass is 479 g/mol. The molecule has 7 nitrogen and oxygen atoms in total. The van der Waals surface area contributed by atoms with Gasteiger partial charge in [-0.15, -0.1) is 11.3 Å². The van der Waals surface area contributed by atoms with Crippen molar-refractivity contribution in [2.75, 3.05) is 14.2 Å². The second-order valence-corrected chi connectivity index (χ2v) is 10.2. The number of aryl methyl sites for hydroxylation is 1. The Kier molecular flexibility index (Phi) is 6.16. The molecule has 2 aromatic heterocycles. The topological polar surface area (TPSA) is 75.3 Å². The lowest BCUT2D eigenvalue weighted by molar-refractivity contribution is -0.123. The maximum absolute atomic E-state index is 13.0. The number of Topliss-reactive ketones (excluding diaryl/α,β-unsaturated/α-hetero) is 1. The summed E-state index contributed by atoms with van der Waals surface area (Å²) in [4.78, 5) is 30.5. The predicted molar refractivity (Wildman–Crippen MR) is 134 cm³/mol. The lowest BCUT2D eigenvalue weighted by Gasteiger charge is -2.27. The Hall–Kier alpha value is -3.13. The Morgan fingerprint density at radius 3 is 2.47 bits per heavy atom. The lowest BCUT2D eigenvalue weighted by Crippen LogP contribution is -2.29. The molecule has 178 valence electrons. The number of benzene rings is 2. The maximum atomic E-state index is 13.0. The zero-order valence-corrected chi connectivity index (χ0v) is 20.6. The third-order valence-corrected chi connectivity index (χ3v) is 8.10. The molecule has 0 unspecified atom stereocenters. The van der Waals surface area contributed by atoms with E-state index in [1.807, 2.05) is 41.0 Å². The molecule has 8 heteroatoms. The van der Waals surface area contributed by atoms with Gasteiger partial charge >= 0.3 is 5.69 Å². The molecule has 34 heavy (non-hydrogen) atoms. The minimum absolute atomic E-state index is 0.00563. The number of carbonyl (C=O) groups excluding carboxylic acids is 1. The van der Waals surface area contributed by atoms with E-state index in [-0.39, 0.29) is 17.4 Å². The average molecular weight is 480 g/mol. The van der Waals surface area contributed by atoms with Crippen molar-refractivity contribution in [3.05, 3.63) is 51.9 Å². The number of hydrogen-bond donors (Lipinski definition) is 0. The maximum Gasteiger partial charge on any atom is 0.328 e. The molecule has 0 aliphatic heterocycles. The fourth-order valence-corrected chi connectivity index (χ4v) is 6.03. The summed E-state index contributed by atoms with van der Waals surface area (Å²) in [7, 11) is 5.08. The second-order valence-electron chi connectivity index (χ2n) is 9.11. The number of thiazole rings is 1. The highest BCUT2D eigenvalue weighted by Gasteiger charge is 2.28. The van der Waals surface area contributed by atoms with Crippen molar-refractivity contribution in [1.82, 2.24) is 14.1 Å². The molecule has 0 N–H and O–H groups in total. The van der Waals surface area contributed by atoms with Gasteiger partial charge in [0, 0.05) is 31.6 Å². The Balaban J connectivity index is 1.23. The molecule has 2 aromatic carbocycles. The molecule has 0 radical (unpaired) electrons. The number of imidazole rings is 1. The van der Waals surface area contributed by atoms with Crippen molar-refractivity contribution < 1.29 is 14.3 Å². The average Bonchev–Trinajstić information content (AvgIpc) is 3.37. The summed E-state index contributed by atoms with van der Waals surface area (Å²) >= 11 is 1.58. The van der Waals surface area contributed by atoms with Crippen molar-refractivity contribution in [2.45, 2.75) is 38.6 Å². The van der Waals surface area contributed by atoms with E-state index >= 15 is 0 Å². The molecule has 1 saturated carbocycles. The quantitative estimate of drug-likeness (QED) is 0.388. The highest BCUT2D eigenvalue weighted by Crippen LogP contribution is 2.33. The van der Waals surface area contributed by atoms with E-state index in [1.165, 1.54) is 0 Å². The molecule has 0 saturated heterocycles. The first-order chi connectivity index (χ1) is 16.5. The van der Waals surface area contributed by atoms with Gasteiger partial charge in [-0.2, -0.15) is 0 Å². The fourth-order valence-electron chi connectivity index (χ4n) is 5.07. The first-order valence-electron chi connectivity index (χ1n) is 11.7. The van der Waals surface area contributed by atoms with Gasteiger partial charge in [-0.05, 0) is 55.9 Å². The predicted octanol–water partition coefficient (Wildman–Crippen LogP) is 4.59. The summed E-state index contributed by atoms with van der Waals surface area (Å²) in [5.74, 6) is 2.25. The standard InChI is InChI=1S/C26H29N3O4S/c1-28-21-10-8-19(33-3)13-22(21)29(26(28)31)15-16-4-6-17(7-5-16)23(30)14-25-27-20-12-18(32-2)9-11-24(20)34-25/h8-13,16-17H,4-7,14-15H2,1-3H3. The van der Waals surface area contributed by atoms with Crippen molar-refractivity contribution >= 4 is 38.4 Å². The van der Waals surface area contributed by atoms with Crippen molar-refractivity contribution in [3.8, 4) is 11.5 Å². The number of ether oxygens (including phenoxy) is 2. The lowest BCUT2D eigenvalue weighted by atomic mass is 9.79. The van der Waals surface area contributed by atoms with Crippen LogP contribution < -0.4 is 15.2 Å². The Labute approximate surface area is 201 Å². The highest BCUT2D eigenvalue weighted by atomic mass is 32.1. The van der Waals surface area contributed by atoms with Crippen LogP contribution in [0.3, 0.4) is 0 Å². The number of aromatic nitrogens is 3. The van der Waals surface area contributed by atoms with Gasteiger partial charge in [0.25, 0.3) is 0 Å². The van der Waals surface area contributed by atoms with Crippen molar-refractivity contribution in [3.63, 3.8) is 0 Å². The van der Waals surface area contributed by atoms with Crippen LogP contribution >= 0.6 is 11.3 Å². The van der Waals surface area contributed by atoms with Gasteiger partial charge in [-0.25, -0.2) is 9.78 Å². The summed E-state index contributed by atoms with van der Waals surface area (Å²) in [5.41, 5.74) is 2.68. The molecule has 0 atom stereocenters. The second kappa shape index (κ2) is 9.25. The summed E-state index contributed by atoms with van der Waals surface area (Å²) in [5, 5.41) is 0.867. The number of fused-ring (bicyclic) bond motifs is 2. The van der Waals surface area contributed by atoms with Crippen LogP contribution in [-0.4, -0.2) is 34.1 Å². The molecule has 0 amide bonds. The molecule has 1 aliphatic rings. The van der Waals surface area contributed by atoms with Crippen LogP contribution in [0.2, 0.25) is 0 Å². The first-order valence-corrected chi connectivity index (χ1v) is 12.5. The van der Waals surface area contributed by atoms with Crippen LogP contribution in [0, 0.1) is 11.8 Å². The van der Waals surface area contributed by atoms with E-state index in [4.69, 9.17) is 9.47 Å². The van der Waals surface area contributed by atoms with Gasteiger partial charge in [0.1, 0.15) is 22.3 Å². The Morgan fingerprint density at radius 1 is 1.03 bits per heavy atom. The molecule has 2 heterocycles. The molecular formula is C26H29N3O4S. The Bertz CT molecular complexity index is 1410. The molecular weight excluding hydrogens is 450 g/mol. The van der Waals surface area contributed by atoms with Gasteiger partial charge in [0.15, 0.2) is 0 Å². The van der Waals surface area contributed by atoms with Crippen LogP contribution in [0.5, 0.6) is 11.5 Å². The number of ketones is 1. The zero-order chi connectivity index (χ0) is 23.8. The van der Waals surface area contributed by atoms with E-state index in [9.17, 15) is 9.59 Å². The summed E-state index contributed by atoms with van der Waals surface area (Å²) in [6.07, 6.45) is 4.01. The van der Waals surface area contributed by atoms with Crippen molar-refractivity contribution in [1.29, 1.82) is 0 Å². The smallest absolute Gasteiger partial charge is 0.328 e. The summed E-state index contributed by atoms with van der Waals surface area (Å²) in [6, 6.07) is 11.6. The van der Waals surface area contributed by atoms with E-state index in [1.54, 1.807) is 37.2 Å². The van der Waals surface area contributed by atoms with Gasteiger partial charge in [0.05, 0.1) is 41.9 Å². The summed E-state index contributed by atoms with van der Waals surface area (Å²) < 4.78 is 15.3. The molecule has 1 fully saturated rings. The Morgan fingerprint density at radius 2 is 1.74 bits per heavy atom. The molecule has 0 spiro atoms. The van der Waals surface area contributed by atoms with Gasteiger partial charge < -0.3 is 9.47 Å². The van der Waals surface area contributed by atoms with Crippen molar-refractivity contribution in [2.24, 2.45) is 18.9 Å². The largest absolute Gasteiger partial charge is 0.497 e. The van der Waals surface area contributed by atoms with Gasteiger partial charge in [-0.3, -0.25) is 13.9 Å². The summed E-state index contributed by atoms with van der Waals surface area (Å²) in [6.45, 7) is 0.671. The number of nitrogens with zero attached hydrogens (tertiary/aromatic N) is 3. The highest BCUT2D eigenvalue weighted by molar-refractivity contribution is 7.18. The molecule has 5 rings (SSSR count). The first kappa shape index (κ1) is 22.7. The number of carbonyl (C=O) groups is 1.